The molecule has 0 spiro atoms. The smallest absolute Gasteiger partial charge is 0.277 e. The van der Waals surface area contributed by atoms with Gasteiger partial charge in [0.2, 0.25) is 5.75 Å². The van der Waals surface area contributed by atoms with E-state index >= 15 is 0 Å². The lowest BCUT2D eigenvalue weighted by molar-refractivity contribution is -0.123. The Morgan fingerprint density at radius 3 is 2.42 bits per heavy atom. The first kappa shape index (κ1) is 19.4. The number of nitrogens with one attached hydrogen (secondary N) is 1. The molecule has 8 heteroatoms. The highest BCUT2D eigenvalue weighted by atomic mass is 35.5. The van der Waals surface area contributed by atoms with E-state index in [0.717, 1.165) is 5.56 Å². The van der Waals surface area contributed by atoms with Gasteiger partial charge in [-0.3, -0.25) is 4.79 Å². The van der Waals surface area contributed by atoms with Crippen molar-refractivity contribution in [3.05, 3.63) is 46.5 Å². The number of hydrogen-bond donors (Lipinski definition) is 2. The second-order valence-corrected chi connectivity index (χ2v) is 5.70. The Labute approximate surface area is 156 Å². The number of amides is 1. The van der Waals surface area contributed by atoms with Crippen molar-refractivity contribution < 1.29 is 24.1 Å². The largest absolute Gasteiger partial charge is 0.502 e. The molecule has 0 unspecified atom stereocenters. The van der Waals surface area contributed by atoms with Crippen LogP contribution < -0.4 is 19.6 Å². The Hall–Kier alpha value is -2.93. The van der Waals surface area contributed by atoms with Crippen LogP contribution in [0.15, 0.2) is 35.4 Å². The molecule has 0 aliphatic carbocycles. The minimum Gasteiger partial charge on any atom is -0.502 e. The number of carbonyl (C=O) groups excluding carboxylic acids is 1. The molecule has 0 saturated heterocycles. The molecule has 26 heavy (non-hydrogen) atoms. The Morgan fingerprint density at radius 1 is 1.19 bits per heavy atom. The van der Waals surface area contributed by atoms with Crippen LogP contribution in [-0.4, -0.2) is 38.1 Å². The summed E-state index contributed by atoms with van der Waals surface area (Å²) in [5.41, 5.74) is 3.76. The number of hydrazone groups is 1. The molecule has 0 aromatic heterocycles. The molecule has 2 aromatic rings. The Kier molecular flexibility index (Phi) is 6.68. The normalized spacial score (nSPS) is 10.6. The van der Waals surface area contributed by atoms with Gasteiger partial charge in [0.1, 0.15) is 5.75 Å². The van der Waals surface area contributed by atoms with Crippen LogP contribution in [0.1, 0.15) is 11.1 Å². The van der Waals surface area contributed by atoms with Crippen LogP contribution >= 0.6 is 11.6 Å². The summed E-state index contributed by atoms with van der Waals surface area (Å²) in [4.78, 5) is 11.8. The van der Waals surface area contributed by atoms with E-state index in [-0.39, 0.29) is 23.9 Å². The van der Waals surface area contributed by atoms with Gasteiger partial charge in [0.25, 0.3) is 5.91 Å². The van der Waals surface area contributed by atoms with Crippen LogP contribution in [0.3, 0.4) is 0 Å². The fraction of sp³-hybridized carbons (Fsp3) is 0.222. The van der Waals surface area contributed by atoms with Crippen molar-refractivity contribution in [1.82, 2.24) is 5.43 Å². The molecule has 0 radical (unpaired) electrons. The molecule has 2 aromatic carbocycles. The number of methoxy groups -OCH3 is 2. The third kappa shape index (κ3) is 5.03. The summed E-state index contributed by atoms with van der Waals surface area (Å²) < 4.78 is 15.5. The van der Waals surface area contributed by atoms with E-state index in [1.165, 1.54) is 20.4 Å². The van der Waals surface area contributed by atoms with Crippen LogP contribution in [0.5, 0.6) is 23.0 Å². The number of phenolic OH excluding ortho intramolecular Hbond substituents is 1. The average molecular weight is 379 g/mol. The van der Waals surface area contributed by atoms with E-state index in [1.54, 1.807) is 30.3 Å². The number of benzene rings is 2. The zero-order chi connectivity index (χ0) is 19.1. The van der Waals surface area contributed by atoms with Crippen LogP contribution in [0.2, 0.25) is 5.02 Å². The number of nitrogens with zero attached hydrogens (tertiary/aromatic N) is 1. The highest BCUT2D eigenvalue weighted by Gasteiger charge is 2.10. The summed E-state index contributed by atoms with van der Waals surface area (Å²) in [5, 5.41) is 14.3. The Morgan fingerprint density at radius 2 is 1.85 bits per heavy atom. The molecular formula is C18H19ClN2O5. The van der Waals surface area contributed by atoms with E-state index in [1.807, 2.05) is 6.92 Å². The van der Waals surface area contributed by atoms with Crippen molar-refractivity contribution in [3.63, 3.8) is 0 Å². The molecule has 0 bridgehead atoms. The lowest BCUT2D eigenvalue weighted by Gasteiger charge is -2.09. The maximum atomic E-state index is 11.8. The maximum absolute atomic E-state index is 11.8. The summed E-state index contributed by atoms with van der Waals surface area (Å²) in [6.07, 6.45) is 1.40. The monoisotopic (exact) mass is 378 g/mol. The van der Waals surface area contributed by atoms with Crippen molar-refractivity contribution in [1.29, 1.82) is 0 Å². The molecule has 0 heterocycles. The first-order valence-electron chi connectivity index (χ1n) is 7.60. The van der Waals surface area contributed by atoms with Gasteiger partial charge < -0.3 is 19.3 Å². The van der Waals surface area contributed by atoms with Gasteiger partial charge in [-0.1, -0.05) is 11.6 Å². The van der Waals surface area contributed by atoms with Crippen molar-refractivity contribution >= 4 is 23.7 Å². The van der Waals surface area contributed by atoms with Crippen molar-refractivity contribution in [3.8, 4) is 23.0 Å². The molecule has 2 rings (SSSR count). The van der Waals surface area contributed by atoms with Crippen LogP contribution in [0, 0.1) is 6.92 Å². The molecule has 0 fully saturated rings. The third-order valence-corrected chi connectivity index (χ3v) is 3.64. The Bertz CT molecular complexity index is 798. The lowest BCUT2D eigenvalue weighted by Crippen LogP contribution is -2.24. The number of ether oxygens (including phenoxy) is 3. The second-order valence-electron chi connectivity index (χ2n) is 5.27. The van der Waals surface area contributed by atoms with Crippen LogP contribution in [0.4, 0.5) is 0 Å². The number of phenols is 1. The van der Waals surface area contributed by atoms with Crippen LogP contribution in [0.25, 0.3) is 0 Å². The number of carbonyl (C=O) groups is 1. The van der Waals surface area contributed by atoms with Gasteiger partial charge in [-0.2, -0.15) is 5.10 Å². The first-order valence-corrected chi connectivity index (χ1v) is 7.98. The predicted molar refractivity (Wildman–Crippen MR) is 98.6 cm³/mol. The summed E-state index contributed by atoms with van der Waals surface area (Å²) in [6, 6.07) is 8.25. The van der Waals surface area contributed by atoms with E-state index in [4.69, 9.17) is 25.8 Å². The summed E-state index contributed by atoms with van der Waals surface area (Å²) >= 11 is 5.87. The van der Waals surface area contributed by atoms with Gasteiger partial charge in [0.15, 0.2) is 18.1 Å². The van der Waals surface area contributed by atoms with Gasteiger partial charge in [-0.05, 0) is 42.8 Å². The number of halogens is 1. The number of aromatic hydroxyl groups is 1. The number of aryl methyl sites for hydroxylation is 1. The predicted octanol–water partition coefficient (Wildman–Crippen LogP) is 2.90. The van der Waals surface area contributed by atoms with E-state index in [2.05, 4.69) is 10.5 Å². The van der Waals surface area contributed by atoms with Gasteiger partial charge in [-0.15, -0.1) is 0 Å². The van der Waals surface area contributed by atoms with Gasteiger partial charge in [0.05, 0.1) is 20.4 Å². The topological polar surface area (TPSA) is 89.4 Å². The fourth-order valence-corrected chi connectivity index (χ4v) is 2.34. The fourth-order valence-electron chi connectivity index (χ4n) is 2.12. The Balaban J connectivity index is 1.94. The maximum Gasteiger partial charge on any atom is 0.277 e. The highest BCUT2D eigenvalue weighted by molar-refractivity contribution is 6.30. The third-order valence-electron chi connectivity index (χ3n) is 3.40. The van der Waals surface area contributed by atoms with E-state index in [9.17, 15) is 9.90 Å². The molecule has 0 aliphatic heterocycles. The first-order chi connectivity index (χ1) is 12.4. The van der Waals surface area contributed by atoms with Gasteiger partial charge in [0, 0.05) is 10.6 Å². The van der Waals surface area contributed by atoms with Crippen molar-refractivity contribution in [2.45, 2.75) is 6.92 Å². The minimum absolute atomic E-state index is 0.108. The second kappa shape index (κ2) is 8.96. The van der Waals surface area contributed by atoms with E-state index in [0.29, 0.717) is 16.3 Å². The minimum atomic E-state index is -0.423. The number of rotatable bonds is 7. The van der Waals surface area contributed by atoms with Crippen LogP contribution in [-0.2, 0) is 4.79 Å². The summed E-state index contributed by atoms with van der Waals surface area (Å²) in [6.45, 7) is 1.64. The molecule has 1 amide bonds. The van der Waals surface area contributed by atoms with Gasteiger partial charge >= 0.3 is 0 Å². The quantitative estimate of drug-likeness (QED) is 0.571. The zero-order valence-electron chi connectivity index (χ0n) is 14.6. The summed E-state index contributed by atoms with van der Waals surface area (Å²) in [5.74, 6) is 0.509. The molecule has 2 N–H and O–H groups in total. The highest BCUT2D eigenvalue weighted by Crippen LogP contribution is 2.36. The van der Waals surface area contributed by atoms with E-state index < -0.39 is 5.91 Å². The zero-order valence-corrected chi connectivity index (χ0v) is 15.3. The molecule has 0 aliphatic rings. The van der Waals surface area contributed by atoms with Crippen molar-refractivity contribution in [2.75, 3.05) is 20.8 Å². The summed E-state index contributed by atoms with van der Waals surface area (Å²) in [7, 11) is 2.85. The SMILES string of the molecule is COc1cc(C=NNC(=O)COc2ccc(Cl)cc2C)cc(OC)c1O. The lowest BCUT2D eigenvalue weighted by atomic mass is 10.2. The molecule has 138 valence electrons. The number of hydrogen-bond acceptors (Lipinski definition) is 6. The average Bonchev–Trinajstić information content (AvgIpc) is 2.62. The van der Waals surface area contributed by atoms with Crippen molar-refractivity contribution in [2.24, 2.45) is 5.10 Å². The molecular weight excluding hydrogens is 360 g/mol. The molecule has 7 nitrogen and oxygen atoms in total. The van der Waals surface area contributed by atoms with Gasteiger partial charge in [-0.25, -0.2) is 5.43 Å². The standard InChI is InChI=1S/C18H19ClN2O5/c1-11-6-13(19)4-5-14(11)26-10-17(22)21-20-9-12-7-15(24-2)18(23)16(8-12)25-3/h4-9,23H,10H2,1-3H3,(H,21,22). The molecule has 0 saturated carbocycles. The molecule has 0 atom stereocenters.